The molecule has 0 radical (unpaired) electrons. The summed E-state index contributed by atoms with van der Waals surface area (Å²) in [6, 6.07) is 0. The monoisotopic (exact) mass is 261 g/mol. The van der Waals surface area contributed by atoms with E-state index >= 15 is 0 Å². The minimum absolute atomic E-state index is 0.0584. The molecule has 2 rings (SSSR count). The van der Waals surface area contributed by atoms with Gasteiger partial charge in [-0.1, -0.05) is 6.92 Å². The second-order valence-electron chi connectivity index (χ2n) is 6.10. The number of alkyl halides is 2. The highest BCUT2D eigenvalue weighted by molar-refractivity contribution is 4.84. The summed E-state index contributed by atoms with van der Waals surface area (Å²) in [6.45, 7) is 4.62. The Morgan fingerprint density at radius 3 is 2.78 bits per heavy atom. The van der Waals surface area contributed by atoms with Crippen LogP contribution < -0.4 is 0 Å². The molecule has 3 atom stereocenters. The Balaban J connectivity index is 1.82. The fourth-order valence-corrected chi connectivity index (χ4v) is 3.46. The van der Waals surface area contributed by atoms with E-state index in [1.807, 2.05) is 0 Å². The fourth-order valence-electron chi connectivity index (χ4n) is 3.46. The van der Waals surface area contributed by atoms with Gasteiger partial charge in [0.15, 0.2) is 0 Å². The molecule has 0 amide bonds. The predicted octanol–water partition coefficient (Wildman–Crippen LogP) is 2.90. The number of aliphatic hydroxyl groups is 1. The number of nitrogens with zero attached hydrogens (tertiary/aromatic N) is 1. The van der Waals surface area contributed by atoms with Crippen molar-refractivity contribution in [3.05, 3.63) is 0 Å². The van der Waals surface area contributed by atoms with Crippen LogP contribution in [0.3, 0.4) is 0 Å². The molecule has 1 heterocycles. The molecular formula is C14H25F2NO. The van der Waals surface area contributed by atoms with E-state index in [9.17, 15) is 13.9 Å². The summed E-state index contributed by atoms with van der Waals surface area (Å²) >= 11 is 0. The predicted molar refractivity (Wildman–Crippen MR) is 67.7 cm³/mol. The van der Waals surface area contributed by atoms with Crippen molar-refractivity contribution in [2.75, 3.05) is 19.6 Å². The smallest absolute Gasteiger partial charge is 0.248 e. The van der Waals surface area contributed by atoms with Crippen molar-refractivity contribution in [1.82, 2.24) is 4.90 Å². The van der Waals surface area contributed by atoms with Crippen LogP contribution in [-0.2, 0) is 0 Å². The first-order chi connectivity index (χ1) is 8.50. The minimum atomic E-state index is -2.44. The maximum absolute atomic E-state index is 13.4. The van der Waals surface area contributed by atoms with Crippen LogP contribution in [0.1, 0.15) is 45.4 Å². The Hall–Kier alpha value is -0.220. The first-order valence-electron chi connectivity index (χ1n) is 7.28. The van der Waals surface area contributed by atoms with Crippen LogP contribution in [-0.4, -0.2) is 41.7 Å². The third-order valence-electron chi connectivity index (χ3n) is 4.56. The summed E-state index contributed by atoms with van der Waals surface area (Å²) in [5, 5.41) is 9.83. The summed E-state index contributed by atoms with van der Waals surface area (Å²) in [4.78, 5) is 2.28. The quantitative estimate of drug-likeness (QED) is 0.844. The van der Waals surface area contributed by atoms with Crippen LogP contribution in [0, 0.1) is 11.8 Å². The molecule has 1 saturated heterocycles. The maximum Gasteiger partial charge on any atom is 0.248 e. The Labute approximate surface area is 108 Å². The highest BCUT2D eigenvalue weighted by Crippen LogP contribution is 2.37. The molecule has 1 saturated carbocycles. The second kappa shape index (κ2) is 5.83. The Kier molecular flexibility index (Phi) is 4.59. The number of hydrogen-bond donors (Lipinski definition) is 1. The van der Waals surface area contributed by atoms with E-state index in [-0.39, 0.29) is 24.9 Å². The average Bonchev–Trinajstić information content (AvgIpc) is 2.30. The van der Waals surface area contributed by atoms with Crippen LogP contribution in [0.15, 0.2) is 0 Å². The summed E-state index contributed by atoms with van der Waals surface area (Å²) in [5.74, 6) is -1.98. The average molecular weight is 261 g/mol. The molecule has 0 aromatic heterocycles. The summed E-state index contributed by atoms with van der Waals surface area (Å²) in [7, 11) is 0. The molecule has 3 unspecified atom stereocenters. The largest absolute Gasteiger partial charge is 0.393 e. The van der Waals surface area contributed by atoms with E-state index in [4.69, 9.17) is 0 Å². The Bertz CT molecular complexity index is 273. The van der Waals surface area contributed by atoms with Gasteiger partial charge >= 0.3 is 0 Å². The molecule has 1 N–H and O–H groups in total. The Morgan fingerprint density at radius 2 is 2.11 bits per heavy atom. The molecule has 0 aromatic rings. The van der Waals surface area contributed by atoms with Gasteiger partial charge in [-0.05, 0) is 37.5 Å². The first kappa shape index (κ1) is 14.2. The molecule has 2 aliphatic rings. The van der Waals surface area contributed by atoms with Gasteiger partial charge in [0.25, 0.3) is 0 Å². The van der Waals surface area contributed by atoms with Crippen LogP contribution in [0.25, 0.3) is 0 Å². The lowest BCUT2D eigenvalue weighted by atomic mass is 9.85. The molecule has 0 spiro atoms. The molecule has 1 aliphatic heterocycles. The Morgan fingerprint density at radius 1 is 1.33 bits per heavy atom. The normalized spacial score (nSPS) is 37.7. The van der Waals surface area contributed by atoms with Gasteiger partial charge in [0, 0.05) is 32.5 Å². The fraction of sp³-hybridized carbons (Fsp3) is 1.00. The standard InChI is InChI=1S/C14H25F2NO/c1-2-12-10-17(7-5-13(12)18)9-11-4-3-6-14(15,16)8-11/h11-13,18H,2-10H2,1H3. The van der Waals surface area contributed by atoms with Gasteiger partial charge in [0.1, 0.15) is 0 Å². The molecule has 0 bridgehead atoms. The minimum Gasteiger partial charge on any atom is -0.393 e. The topological polar surface area (TPSA) is 23.5 Å². The van der Waals surface area contributed by atoms with E-state index in [1.165, 1.54) is 0 Å². The lowest BCUT2D eigenvalue weighted by molar-refractivity contribution is -0.0616. The van der Waals surface area contributed by atoms with E-state index < -0.39 is 5.92 Å². The van der Waals surface area contributed by atoms with Crippen molar-refractivity contribution in [3.8, 4) is 0 Å². The number of rotatable bonds is 3. The number of likely N-dealkylation sites (tertiary alicyclic amines) is 1. The van der Waals surface area contributed by atoms with Gasteiger partial charge in [-0.2, -0.15) is 0 Å². The van der Waals surface area contributed by atoms with Crippen LogP contribution in [0.4, 0.5) is 8.78 Å². The van der Waals surface area contributed by atoms with Crippen molar-refractivity contribution >= 4 is 0 Å². The zero-order valence-electron chi connectivity index (χ0n) is 11.2. The van der Waals surface area contributed by atoms with Crippen LogP contribution in [0.2, 0.25) is 0 Å². The maximum atomic E-state index is 13.4. The van der Waals surface area contributed by atoms with Crippen molar-refractivity contribution in [2.24, 2.45) is 11.8 Å². The first-order valence-corrected chi connectivity index (χ1v) is 7.28. The lowest BCUT2D eigenvalue weighted by Gasteiger charge is -2.39. The van der Waals surface area contributed by atoms with Gasteiger partial charge in [-0.3, -0.25) is 0 Å². The second-order valence-corrected chi connectivity index (χ2v) is 6.10. The van der Waals surface area contributed by atoms with Gasteiger partial charge in [0.05, 0.1) is 6.10 Å². The van der Waals surface area contributed by atoms with E-state index in [0.717, 1.165) is 38.9 Å². The van der Waals surface area contributed by atoms with Crippen molar-refractivity contribution < 1.29 is 13.9 Å². The molecule has 4 heteroatoms. The molecule has 2 nitrogen and oxygen atoms in total. The zero-order chi connectivity index (χ0) is 13.2. The highest BCUT2D eigenvalue weighted by atomic mass is 19.3. The number of halogens is 2. The van der Waals surface area contributed by atoms with Crippen molar-refractivity contribution in [1.29, 1.82) is 0 Å². The van der Waals surface area contributed by atoms with Crippen LogP contribution >= 0.6 is 0 Å². The van der Waals surface area contributed by atoms with Crippen molar-refractivity contribution in [2.45, 2.75) is 57.5 Å². The number of aliphatic hydroxyl groups excluding tert-OH is 1. The zero-order valence-corrected chi connectivity index (χ0v) is 11.2. The van der Waals surface area contributed by atoms with Gasteiger partial charge in [-0.15, -0.1) is 0 Å². The highest BCUT2D eigenvalue weighted by Gasteiger charge is 2.37. The lowest BCUT2D eigenvalue weighted by Crippen LogP contribution is -2.45. The molecule has 106 valence electrons. The van der Waals surface area contributed by atoms with E-state index in [0.29, 0.717) is 12.3 Å². The number of hydrogen-bond acceptors (Lipinski definition) is 2. The van der Waals surface area contributed by atoms with Crippen molar-refractivity contribution in [3.63, 3.8) is 0 Å². The third kappa shape index (κ3) is 3.64. The van der Waals surface area contributed by atoms with E-state index in [2.05, 4.69) is 11.8 Å². The van der Waals surface area contributed by atoms with Gasteiger partial charge in [0.2, 0.25) is 5.92 Å². The number of piperidine rings is 1. The molecule has 0 aromatic carbocycles. The molecule has 18 heavy (non-hydrogen) atoms. The van der Waals surface area contributed by atoms with Gasteiger partial charge in [-0.25, -0.2) is 8.78 Å². The summed E-state index contributed by atoms with van der Waals surface area (Å²) < 4.78 is 26.7. The van der Waals surface area contributed by atoms with E-state index in [1.54, 1.807) is 0 Å². The van der Waals surface area contributed by atoms with Gasteiger partial charge < -0.3 is 10.0 Å². The third-order valence-corrected chi connectivity index (χ3v) is 4.56. The summed E-state index contributed by atoms with van der Waals surface area (Å²) in [5.41, 5.74) is 0. The molecular weight excluding hydrogens is 236 g/mol. The SMILES string of the molecule is CCC1CN(CC2CCCC(F)(F)C2)CCC1O. The van der Waals surface area contributed by atoms with Crippen LogP contribution in [0.5, 0.6) is 0 Å². The molecule has 1 aliphatic carbocycles. The summed E-state index contributed by atoms with van der Waals surface area (Å²) in [6.07, 6.45) is 3.29. The molecule has 2 fully saturated rings.